The average Bonchev–Trinajstić information content (AvgIpc) is 2.82. The summed E-state index contributed by atoms with van der Waals surface area (Å²) in [5.74, 6) is -2.70. The van der Waals surface area contributed by atoms with Crippen molar-refractivity contribution in [1.29, 1.82) is 0 Å². The molecule has 2 heterocycles. The third-order valence-corrected chi connectivity index (χ3v) is 6.96. The summed E-state index contributed by atoms with van der Waals surface area (Å²) in [5, 5.41) is 12.5. The number of carbonyl (C=O) groups is 2. The van der Waals surface area contributed by atoms with Crippen molar-refractivity contribution in [3.63, 3.8) is 0 Å². The molecule has 194 valence electrons. The highest BCUT2D eigenvalue weighted by atomic mass is 32.2. The highest BCUT2D eigenvalue weighted by molar-refractivity contribution is 7.88. The lowest BCUT2D eigenvalue weighted by atomic mass is 10.0. The fraction of sp³-hybridized carbons (Fsp3) is 0.318. The summed E-state index contributed by atoms with van der Waals surface area (Å²) in [5.41, 5.74) is 1.22. The second kappa shape index (κ2) is 11.0. The Labute approximate surface area is 204 Å². The van der Waals surface area contributed by atoms with Gasteiger partial charge in [0.25, 0.3) is 5.91 Å². The van der Waals surface area contributed by atoms with E-state index in [1.807, 2.05) is 0 Å². The molecule has 1 aromatic heterocycles. The minimum absolute atomic E-state index is 0.0368. The molecule has 0 bridgehead atoms. The smallest absolute Gasteiger partial charge is 0.505 e. The topological polar surface area (TPSA) is 135 Å². The predicted molar refractivity (Wildman–Crippen MR) is 120 cm³/mol. The van der Waals surface area contributed by atoms with Crippen molar-refractivity contribution in [3.8, 4) is 11.5 Å². The number of aromatic nitrogens is 1. The lowest BCUT2D eigenvalue weighted by Gasteiger charge is -2.26. The number of pyridine rings is 1. The van der Waals surface area contributed by atoms with E-state index in [9.17, 15) is 36.3 Å². The van der Waals surface area contributed by atoms with Crippen LogP contribution in [0.4, 0.5) is 13.2 Å². The Balaban J connectivity index is 1.63. The van der Waals surface area contributed by atoms with E-state index < -0.39 is 45.5 Å². The maximum atomic E-state index is 12.8. The number of esters is 1. The van der Waals surface area contributed by atoms with Crippen molar-refractivity contribution in [3.05, 3.63) is 59.4 Å². The minimum atomic E-state index is -4.84. The van der Waals surface area contributed by atoms with E-state index in [1.165, 1.54) is 28.7 Å². The van der Waals surface area contributed by atoms with Gasteiger partial charge < -0.3 is 19.9 Å². The summed E-state index contributed by atoms with van der Waals surface area (Å²) >= 11 is 0. The highest BCUT2D eigenvalue weighted by Crippen LogP contribution is 2.28. The molecule has 0 spiro atoms. The Morgan fingerprint density at radius 1 is 1.22 bits per heavy atom. The Morgan fingerprint density at radius 2 is 1.92 bits per heavy atom. The molecule has 0 saturated heterocycles. The Kier molecular flexibility index (Phi) is 8.20. The van der Waals surface area contributed by atoms with Gasteiger partial charge in [-0.2, -0.15) is 4.31 Å². The normalized spacial score (nSPS) is 14.6. The number of rotatable bonds is 8. The number of hydrogen-bond acceptors (Lipinski definition) is 8. The van der Waals surface area contributed by atoms with Gasteiger partial charge in [-0.25, -0.2) is 13.4 Å². The van der Waals surface area contributed by atoms with Crippen LogP contribution in [-0.2, 0) is 25.3 Å². The second-order valence-electron chi connectivity index (χ2n) is 7.64. The van der Waals surface area contributed by atoms with Crippen LogP contribution in [0.3, 0.4) is 0 Å². The van der Waals surface area contributed by atoms with Gasteiger partial charge in [0.05, 0.1) is 12.9 Å². The highest BCUT2D eigenvalue weighted by Gasteiger charge is 2.31. The summed E-state index contributed by atoms with van der Waals surface area (Å²) in [6, 6.07) is 5.92. The maximum Gasteiger partial charge on any atom is 0.573 e. The van der Waals surface area contributed by atoms with E-state index in [-0.39, 0.29) is 25.3 Å². The molecule has 3 rings (SSSR count). The lowest BCUT2D eigenvalue weighted by molar-refractivity contribution is -0.274. The van der Waals surface area contributed by atoms with E-state index in [4.69, 9.17) is 0 Å². The van der Waals surface area contributed by atoms with Crippen LogP contribution in [0.1, 0.15) is 28.0 Å². The van der Waals surface area contributed by atoms with Crippen molar-refractivity contribution in [2.45, 2.75) is 18.5 Å². The molecule has 36 heavy (non-hydrogen) atoms. The Hall–Kier alpha value is -3.65. The molecule has 0 atom stereocenters. The molecule has 1 aliphatic rings. The van der Waals surface area contributed by atoms with Crippen molar-refractivity contribution < 1.29 is 45.8 Å². The van der Waals surface area contributed by atoms with Crippen molar-refractivity contribution in [2.75, 3.05) is 26.7 Å². The summed E-state index contributed by atoms with van der Waals surface area (Å²) < 4.78 is 71.8. The first-order valence-electron chi connectivity index (χ1n) is 10.4. The Bertz CT molecular complexity index is 1260. The lowest BCUT2D eigenvalue weighted by Crippen LogP contribution is -2.35. The van der Waals surface area contributed by atoms with Crippen LogP contribution in [0.5, 0.6) is 11.5 Å². The van der Waals surface area contributed by atoms with E-state index in [2.05, 4.69) is 19.8 Å². The Morgan fingerprint density at radius 3 is 2.47 bits per heavy atom. The summed E-state index contributed by atoms with van der Waals surface area (Å²) in [4.78, 5) is 27.1. The molecule has 0 aliphatic carbocycles. The molecule has 1 amide bonds. The molecule has 0 fully saturated rings. The van der Waals surface area contributed by atoms with Crippen LogP contribution in [0, 0.1) is 0 Å². The largest absolute Gasteiger partial charge is 0.573 e. The van der Waals surface area contributed by atoms with Gasteiger partial charge in [0.15, 0.2) is 5.69 Å². The molecular weight excluding hydrogens is 507 g/mol. The van der Waals surface area contributed by atoms with Crippen molar-refractivity contribution >= 4 is 27.5 Å². The third-order valence-electron chi connectivity index (χ3n) is 5.15. The maximum absolute atomic E-state index is 12.8. The van der Waals surface area contributed by atoms with Crippen LogP contribution in [0.25, 0.3) is 5.57 Å². The first-order chi connectivity index (χ1) is 16.9. The summed E-state index contributed by atoms with van der Waals surface area (Å²) in [6.45, 7) is -0.222. The zero-order valence-corrected chi connectivity index (χ0v) is 19.7. The number of benzene rings is 1. The quantitative estimate of drug-likeness (QED) is 0.497. The first kappa shape index (κ1) is 26.9. The van der Waals surface area contributed by atoms with Crippen LogP contribution < -0.4 is 10.1 Å². The first-order valence-corrected chi connectivity index (χ1v) is 12.0. The van der Waals surface area contributed by atoms with Crippen molar-refractivity contribution in [2.24, 2.45) is 0 Å². The number of aromatic hydroxyl groups is 1. The summed E-state index contributed by atoms with van der Waals surface area (Å²) in [6.07, 6.45) is -1.54. The van der Waals surface area contributed by atoms with Crippen LogP contribution in [0.2, 0.25) is 0 Å². The number of carbonyl (C=O) groups excluding carboxylic acids is 2. The zero-order chi connectivity index (χ0) is 26.5. The monoisotopic (exact) mass is 529 g/mol. The molecule has 1 aliphatic heterocycles. The standard InChI is InChI=1S/C22H22F3N3O7S/c1-34-19(30)12-27-21(31)20-18(29)10-16(11-26-20)15-6-8-28(9-7-15)36(32,33)13-14-2-4-17(5-3-14)35-22(23,24)25/h2-6,10-11,29H,7-9,12-13H2,1H3,(H,27,31). The summed E-state index contributed by atoms with van der Waals surface area (Å²) in [7, 11) is -2.60. The fourth-order valence-electron chi connectivity index (χ4n) is 3.37. The zero-order valence-electron chi connectivity index (χ0n) is 18.9. The second-order valence-corrected chi connectivity index (χ2v) is 9.60. The number of sulfonamides is 1. The van der Waals surface area contributed by atoms with Gasteiger partial charge in [-0.05, 0) is 41.3 Å². The molecular formula is C22H22F3N3O7S. The number of amides is 1. The molecule has 10 nitrogen and oxygen atoms in total. The number of alkyl halides is 3. The van der Waals surface area contributed by atoms with E-state index in [1.54, 1.807) is 6.08 Å². The predicted octanol–water partition coefficient (Wildman–Crippen LogP) is 2.21. The van der Waals surface area contributed by atoms with Gasteiger partial charge >= 0.3 is 12.3 Å². The molecule has 0 saturated carbocycles. The third kappa shape index (κ3) is 7.18. The molecule has 2 aromatic rings. The van der Waals surface area contributed by atoms with Gasteiger partial charge in [0.1, 0.15) is 18.0 Å². The number of nitrogens with one attached hydrogen (secondary N) is 1. The number of hydrogen-bond donors (Lipinski definition) is 2. The minimum Gasteiger partial charge on any atom is -0.505 e. The van der Waals surface area contributed by atoms with Crippen LogP contribution >= 0.6 is 0 Å². The van der Waals surface area contributed by atoms with E-state index in [0.717, 1.165) is 19.2 Å². The van der Waals surface area contributed by atoms with Crippen LogP contribution in [-0.4, -0.2) is 67.8 Å². The van der Waals surface area contributed by atoms with Gasteiger partial charge in [0.2, 0.25) is 10.0 Å². The molecule has 1 aromatic carbocycles. The van der Waals surface area contributed by atoms with Gasteiger partial charge in [0, 0.05) is 19.3 Å². The van der Waals surface area contributed by atoms with Crippen molar-refractivity contribution in [1.82, 2.24) is 14.6 Å². The number of methoxy groups -OCH3 is 1. The van der Waals surface area contributed by atoms with Gasteiger partial charge in [-0.15, -0.1) is 13.2 Å². The molecule has 14 heteroatoms. The SMILES string of the molecule is COC(=O)CNC(=O)c1ncc(C2=CCN(S(=O)(=O)Cc3ccc(OC(F)(F)F)cc3)CC2)cc1O. The van der Waals surface area contributed by atoms with Crippen LogP contribution in [0.15, 0.2) is 42.6 Å². The number of ether oxygens (including phenoxy) is 2. The average molecular weight is 529 g/mol. The van der Waals surface area contributed by atoms with E-state index in [0.29, 0.717) is 23.1 Å². The van der Waals surface area contributed by atoms with Gasteiger partial charge in [-0.3, -0.25) is 9.59 Å². The number of nitrogens with zero attached hydrogens (tertiary/aromatic N) is 2. The molecule has 0 unspecified atom stereocenters. The van der Waals surface area contributed by atoms with E-state index >= 15 is 0 Å². The molecule has 0 radical (unpaired) electrons. The van der Waals surface area contributed by atoms with Gasteiger partial charge in [-0.1, -0.05) is 18.2 Å². The number of halogens is 3. The fourth-order valence-corrected chi connectivity index (χ4v) is 4.83. The molecule has 2 N–H and O–H groups in total.